The Bertz CT molecular complexity index is 878. The highest BCUT2D eigenvalue weighted by molar-refractivity contribution is 5.92. The van der Waals surface area contributed by atoms with Gasteiger partial charge in [-0.3, -0.25) is 4.79 Å². The molecule has 0 aromatic heterocycles. The van der Waals surface area contributed by atoms with Gasteiger partial charge in [0.1, 0.15) is 11.6 Å². The number of hydrogen-bond acceptors (Lipinski definition) is 2. The molecule has 154 valence electrons. The van der Waals surface area contributed by atoms with Crippen LogP contribution >= 0.6 is 0 Å². The van der Waals surface area contributed by atoms with Crippen molar-refractivity contribution >= 4 is 23.3 Å². The van der Waals surface area contributed by atoms with Crippen molar-refractivity contribution in [1.29, 1.82) is 0 Å². The molecule has 7 heteroatoms. The van der Waals surface area contributed by atoms with Crippen LogP contribution in [0.15, 0.2) is 42.5 Å². The zero-order chi connectivity index (χ0) is 21.0. The molecule has 0 unspecified atom stereocenters. The summed E-state index contributed by atoms with van der Waals surface area (Å²) >= 11 is 0. The van der Waals surface area contributed by atoms with Crippen LogP contribution in [-0.2, 0) is 4.79 Å². The quantitative estimate of drug-likeness (QED) is 0.774. The summed E-state index contributed by atoms with van der Waals surface area (Å²) in [7, 11) is 0. The summed E-state index contributed by atoms with van der Waals surface area (Å²) in [6.45, 7) is 4.87. The molecule has 3 amide bonds. The average molecular weight is 401 g/mol. The van der Waals surface area contributed by atoms with Crippen LogP contribution in [-0.4, -0.2) is 29.9 Å². The summed E-state index contributed by atoms with van der Waals surface area (Å²) in [5, 5.41) is 5.42. The zero-order valence-corrected chi connectivity index (χ0v) is 16.5. The number of benzene rings is 2. The largest absolute Gasteiger partial charge is 0.325 e. The van der Waals surface area contributed by atoms with Crippen LogP contribution in [0.4, 0.5) is 25.0 Å². The van der Waals surface area contributed by atoms with Gasteiger partial charge in [0.25, 0.3) is 0 Å². The van der Waals surface area contributed by atoms with Gasteiger partial charge in [0.05, 0.1) is 5.69 Å². The summed E-state index contributed by atoms with van der Waals surface area (Å²) in [5.74, 6) is -2.06. The van der Waals surface area contributed by atoms with Crippen molar-refractivity contribution in [3.05, 3.63) is 59.7 Å². The normalized spacial score (nSPS) is 15.7. The second-order valence-electron chi connectivity index (χ2n) is 7.52. The van der Waals surface area contributed by atoms with Gasteiger partial charge in [-0.15, -0.1) is 0 Å². The molecule has 3 rings (SSSR count). The van der Waals surface area contributed by atoms with Gasteiger partial charge in [-0.2, -0.15) is 0 Å². The number of hydrogen-bond donors (Lipinski definition) is 2. The van der Waals surface area contributed by atoms with E-state index in [4.69, 9.17) is 0 Å². The first-order valence-corrected chi connectivity index (χ1v) is 9.72. The van der Waals surface area contributed by atoms with Gasteiger partial charge in [-0.25, -0.2) is 13.6 Å². The smallest absolute Gasteiger partial charge is 0.321 e. The highest BCUT2D eigenvalue weighted by Crippen LogP contribution is 2.27. The molecule has 1 aliphatic rings. The maximum atomic E-state index is 13.8. The number of amides is 3. The summed E-state index contributed by atoms with van der Waals surface area (Å²) in [4.78, 5) is 26.6. The average Bonchev–Trinajstić information content (AvgIpc) is 2.71. The van der Waals surface area contributed by atoms with E-state index in [0.29, 0.717) is 25.9 Å². The Kier molecular flexibility index (Phi) is 6.46. The molecule has 0 aliphatic carbocycles. The number of halogens is 2. The Morgan fingerprint density at radius 1 is 1.03 bits per heavy atom. The van der Waals surface area contributed by atoms with Gasteiger partial charge in [-0.05, 0) is 49.9 Å². The lowest BCUT2D eigenvalue weighted by Crippen LogP contribution is -2.43. The van der Waals surface area contributed by atoms with Crippen LogP contribution in [0.2, 0.25) is 0 Å². The highest BCUT2D eigenvalue weighted by Gasteiger charge is 2.30. The van der Waals surface area contributed by atoms with Gasteiger partial charge >= 0.3 is 6.03 Å². The lowest BCUT2D eigenvalue weighted by Gasteiger charge is -2.34. The topological polar surface area (TPSA) is 61.4 Å². The number of nitrogens with zero attached hydrogens (tertiary/aromatic N) is 1. The number of carbonyl (C=O) groups is 2. The fraction of sp³-hybridized carbons (Fsp3) is 0.364. The van der Waals surface area contributed by atoms with Crippen molar-refractivity contribution < 1.29 is 18.4 Å². The Morgan fingerprint density at radius 3 is 2.31 bits per heavy atom. The first-order valence-electron chi connectivity index (χ1n) is 9.72. The minimum atomic E-state index is -0.798. The highest BCUT2D eigenvalue weighted by atomic mass is 19.1. The maximum Gasteiger partial charge on any atom is 0.321 e. The van der Waals surface area contributed by atoms with Crippen LogP contribution in [0, 0.1) is 30.4 Å². The monoisotopic (exact) mass is 401 g/mol. The van der Waals surface area contributed by atoms with Crippen molar-refractivity contribution in [1.82, 2.24) is 4.90 Å². The molecule has 2 aromatic carbocycles. The second-order valence-corrected chi connectivity index (χ2v) is 7.52. The van der Waals surface area contributed by atoms with E-state index in [9.17, 15) is 18.4 Å². The van der Waals surface area contributed by atoms with E-state index in [1.165, 1.54) is 6.07 Å². The van der Waals surface area contributed by atoms with Crippen molar-refractivity contribution in [2.75, 3.05) is 23.7 Å². The molecule has 1 saturated heterocycles. The van der Waals surface area contributed by atoms with Gasteiger partial charge < -0.3 is 15.5 Å². The third-order valence-electron chi connectivity index (χ3n) is 5.44. The standard InChI is InChI=1S/C22H25F2N3O2/c1-14-3-6-18(7-4-14)25-22(29)27-11-9-16(10-12-27)15(2)21(28)26-20-8-5-17(23)13-19(20)24/h3-8,13,15-16H,9-12H2,1-2H3,(H,25,29)(H,26,28)/t15-/m1/s1. The van der Waals surface area contributed by atoms with E-state index in [-0.39, 0.29) is 29.5 Å². The van der Waals surface area contributed by atoms with E-state index in [0.717, 1.165) is 23.4 Å². The molecule has 0 spiro atoms. The molecular formula is C22H25F2N3O2. The molecule has 5 nitrogen and oxygen atoms in total. The second kappa shape index (κ2) is 9.03. The van der Waals surface area contributed by atoms with E-state index < -0.39 is 11.6 Å². The van der Waals surface area contributed by atoms with E-state index in [1.54, 1.807) is 11.8 Å². The third kappa shape index (κ3) is 5.31. The molecule has 1 aliphatic heterocycles. The van der Waals surface area contributed by atoms with Gasteiger partial charge in [0.15, 0.2) is 0 Å². The molecule has 1 heterocycles. The van der Waals surface area contributed by atoms with E-state index in [1.807, 2.05) is 31.2 Å². The first kappa shape index (κ1) is 20.8. The molecule has 1 atom stereocenters. The molecule has 2 N–H and O–H groups in total. The van der Waals surface area contributed by atoms with Gasteiger partial charge in [0.2, 0.25) is 5.91 Å². The fourth-order valence-electron chi connectivity index (χ4n) is 3.49. The first-order chi connectivity index (χ1) is 13.8. The minimum absolute atomic E-state index is 0.0295. The predicted molar refractivity (Wildman–Crippen MR) is 109 cm³/mol. The lowest BCUT2D eigenvalue weighted by molar-refractivity contribution is -0.121. The Morgan fingerprint density at radius 2 is 1.69 bits per heavy atom. The fourth-order valence-corrected chi connectivity index (χ4v) is 3.49. The molecule has 0 saturated carbocycles. The number of rotatable bonds is 4. The third-order valence-corrected chi connectivity index (χ3v) is 5.44. The Labute approximate surface area is 169 Å². The van der Waals surface area contributed by atoms with Crippen LogP contribution in [0.25, 0.3) is 0 Å². The van der Waals surface area contributed by atoms with Crippen molar-refractivity contribution in [3.63, 3.8) is 0 Å². The molecule has 0 radical (unpaired) electrons. The van der Waals surface area contributed by atoms with E-state index >= 15 is 0 Å². The molecular weight excluding hydrogens is 376 g/mol. The summed E-state index contributed by atoms with van der Waals surface area (Å²) in [5.41, 5.74) is 1.84. The number of carbonyl (C=O) groups excluding carboxylic acids is 2. The molecule has 0 bridgehead atoms. The van der Waals surface area contributed by atoms with Crippen LogP contribution in [0.3, 0.4) is 0 Å². The number of likely N-dealkylation sites (tertiary alicyclic amines) is 1. The van der Waals surface area contributed by atoms with Crippen molar-refractivity contribution in [2.45, 2.75) is 26.7 Å². The SMILES string of the molecule is Cc1ccc(NC(=O)N2CCC([C@@H](C)C(=O)Nc3ccc(F)cc3F)CC2)cc1. The predicted octanol–water partition coefficient (Wildman–Crippen LogP) is 4.79. The van der Waals surface area contributed by atoms with Crippen LogP contribution < -0.4 is 10.6 Å². The summed E-state index contributed by atoms with van der Waals surface area (Å²) in [6.07, 6.45) is 1.36. The van der Waals surface area contributed by atoms with Crippen LogP contribution in [0.1, 0.15) is 25.3 Å². The van der Waals surface area contributed by atoms with E-state index in [2.05, 4.69) is 10.6 Å². The molecule has 1 fully saturated rings. The molecule has 2 aromatic rings. The zero-order valence-electron chi connectivity index (χ0n) is 16.5. The summed E-state index contributed by atoms with van der Waals surface area (Å²) in [6, 6.07) is 10.5. The number of nitrogens with one attached hydrogen (secondary N) is 2. The lowest BCUT2D eigenvalue weighted by atomic mass is 9.85. The van der Waals surface area contributed by atoms with Crippen molar-refractivity contribution in [2.24, 2.45) is 11.8 Å². The Hall–Kier alpha value is -2.96. The molecule has 29 heavy (non-hydrogen) atoms. The van der Waals surface area contributed by atoms with Crippen LogP contribution in [0.5, 0.6) is 0 Å². The Balaban J connectivity index is 1.50. The van der Waals surface area contributed by atoms with Gasteiger partial charge in [-0.1, -0.05) is 24.6 Å². The summed E-state index contributed by atoms with van der Waals surface area (Å²) < 4.78 is 26.8. The van der Waals surface area contributed by atoms with Gasteiger partial charge in [0, 0.05) is 30.8 Å². The van der Waals surface area contributed by atoms with Crippen molar-refractivity contribution in [3.8, 4) is 0 Å². The maximum absolute atomic E-state index is 13.8. The number of piperidine rings is 1. The number of anilines is 2. The number of urea groups is 1. The minimum Gasteiger partial charge on any atom is -0.325 e. The number of aryl methyl sites for hydroxylation is 1.